The van der Waals surface area contributed by atoms with E-state index in [1.165, 1.54) is 6.07 Å². The summed E-state index contributed by atoms with van der Waals surface area (Å²) >= 11 is 0. The minimum absolute atomic E-state index is 0.153. The van der Waals surface area contributed by atoms with E-state index in [-0.39, 0.29) is 30.8 Å². The highest BCUT2D eigenvalue weighted by molar-refractivity contribution is 6.01. The molecule has 0 N–H and O–H groups in total. The van der Waals surface area contributed by atoms with Crippen molar-refractivity contribution < 1.29 is 23.9 Å². The molecule has 5 nitrogen and oxygen atoms in total. The Morgan fingerprint density at radius 1 is 1.09 bits per heavy atom. The van der Waals surface area contributed by atoms with Crippen LogP contribution in [-0.2, 0) is 14.3 Å². The lowest BCUT2D eigenvalue weighted by Crippen LogP contribution is -2.42. The predicted octanol–water partition coefficient (Wildman–Crippen LogP) is 3.55. The van der Waals surface area contributed by atoms with Crippen LogP contribution in [0.4, 0.5) is 0 Å². The van der Waals surface area contributed by atoms with E-state index in [0.29, 0.717) is 6.29 Å². The molecule has 0 aliphatic rings. The molecule has 0 fully saturated rings. The van der Waals surface area contributed by atoms with Crippen LogP contribution in [0.3, 0.4) is 0 Å². The van der Waals surface area contributed by atoms with Gasteiger partial charge in [-0.2, -0.15) is 0 Å². The normalized spacial score (nSPS) is 10.9. The molecular formula is C18H24O5. The Labute approximate surface area is 137 Å². The standard InChI is InChI=1S/C18H24O5/c1-4-7-12-22-16(20)18(5-2,6-3)17(21)23-15-11-9-8-10-14(15)13-19/h8-11,13H,4-7,12H2,1-3H3. The highest BCUT2D eigenvalue weighted by Crippen LogP contribution is 2.31. The van der Waals surface area contributed by atoms with Gasteiger partial charge in [-0.25, -0.2) is 0 Å². The first-order valence-corrected chi connectivity index (χ1v) is 7.99. The zero-order chi connectivity index (χ0) is 17.3. The monoisotopic (exact) mass is 320 g/mol. The van der Waals surface area contributed by atoms with Crippen LogP contribution in [0.2, 0.25) is 0 Å². The quantitative estimate of drug-likeness (QED) is 0.229. The Morgan fingerprint density at radius 3 is 2.30 bits per heavy atom. The van der Waals surface area contributed by atoms with Crippen molar-refractivity contribution >= 4 is 18.2 Å². The summed E-state index contributed by atoms with van der Waals surface area (Å²) in [6.45, 7) is 5.77. The second-order valence-corrected chi connectivity index (χ2v) is 5.32. The smallest absolute Gasteiger partial charge is 0.328 e. The van der Waals surface area contributed by atoms with Gasteiger partial charge in [0.25, 0.3) is 0 Å². The number of esters is 2. The van der Waals surface area contributed by atoms with Crippen LogP contribution in [0.1, 0.15) is 56.8 Å². The van der Waals surface area contributed by atoms with Gasteiger partial charge >= 0.3 is 11.9 Å². The average Bonchev–Trinajstić information content (AvgIpc) is 2.57. The van der Waals surface area contributed by atoms with Crippen molar-refractivity contribution in [3.8, 4) is 5.75 Å². The van der Waals surface area contributed by atoms with E-state index in [9.17, 15) is 14.4 Å². The predicted molar refractivity (Wildman–Crippen MR) is 86.3 cm³/mol. The Hall–Kier alpha value is -2.17. The summed E-state index contributed by atoms with van der Waals surface area (Å²) in [5.74, 6) is -1.09. The average molecular weight is 320 g/mol. The number of benzene rings is 1. The van der Waals surface area contributed by atoms with Crippen molar-refractivity contribution in [2.75, 3.05) is 6.61 Å². The molecular weight excluding hydrogens is 296 g/mol. The maximum atomic E-state index is 12.6. The fraction of sp³-hybridized carbons (Fsp3) is 0.500. The van der Waals surface area contributed by atoms with E-state index in [1.54, 1.807) is 32.0 Å². The van der Waals surface area contributed by atoms with Gasteiger partial charge in [0, 0.05) is 0 Å². The van der Waals surface area contributed by atoms with Gasteiger partial charge in [0.15, 0.2) is 11.7 Å². The lowest BCUT2D eigenvalue weighted by atomic mass is 9.82. The molecule has 5 heteroatoms. The van der Waals surface area contributed by atoms with E-state index < -0.39 is 17.4 Å². The molecule has 0 saturated heterocycles. The van der Waals surface area contributed by atoms with Crippen molar-refractivity contribution in [3.05, 3.63) is 29.8 Å². The molecule has 1 aromatic carbocycles. The molecule has 23 heavy (non-hydrogen) atoms. The molecule has 0 heterocycles. The van der Waals surface area contributed by atoms with E-state index in [0.717, 1.165) is 12.8 Å². The number of hydrogen-bond donors (Lipinski definition) is 0. The van der Waals surface area contributed by atoms with E-state index in [4.69, 9.17) is 9.47 Å². The summed E-state index contributed by atoms with van der Waals surface area (Å²) < 4.78 is 10.6. The molecule has 0 saturated carbocycles. The number of carbonyl (C=O) groups excluding carboxylic acids is 3. The molecule has 0 bridgehead atoms. The van der Waals surface area contributed by atoms with Crippen LogP contribution in [-0.4, -0.2) is 24.8 Å². The Kier molecular flexibility index (Phi) is 7.45. The van der Waals surface area contributed by atoms with Gasteiger partial charge in [-0.15, -0.1) is 0 Å². The fourth-order valence-corrected chi connectivity index (χ4v) is 2.23. The Bertz CT molecular complexity index is 546. The summed E-state index contributed by atoms with van der Waals surface area (Å²) in [6, 6.07) is 6.41. The maximum Gasteiger partial charge on any atom is 0.328 e. The van der Waals surface area contributed by atoms with Crippen LogP contribution in [0, 0.1) is 5.41 Å². The summed E-state index contributed by atoms with van der Waals surface area (Å²) in [5.41, 5.74) is -1.08. The van der Waals surface area contributed by atoms with Crippen molar-refractivity contribution in [1.82, 2.24) is 0 Å². The maximum absolute atomic E-state index is 12.6. The largest absolute Gasteiger partial charge is 0.465 e. The number of para-hydroxylation sites is 1. The lowest BCUT2D eigenvalue weighted by molar-refractivity contribution is -0.168. The Morgan fingerprint density at radius 2 is 1.74 bits per heavy atom. The highest BCUT2D eigenvalue weighted by atomic mass is 16.6. The summed E-state index contributed by atoms with van der Waals surface area (Å²) in [6.07, 6.45) is 2.81. The van der Waals surface area contributed by atoms with Crippen molar-refractivity contribution in [1.29, 1.82) is 0 Å². The summed E-state index contributed by atoms with van der Waals surface area (Å²) in [5, 5.41) is 0. The third-order valence-electron chi connectivity index (χ3n) is 3.97. The van der Waals surface area contributed by atoms with E-state index in [1.807, 2.05) is 6.92 Å². The second kappa shape index (κ2) is 9.08. The van der Waals surface area contributed by atoms with Crippen LogP contribution >= 0.6 is 0 Å². The van der Waals surface area contributed by atoms with Gasteiger partial charge in [0.05, 0.1) is 12.2 Å². The molecule has 0 unspecified atom stereocenters. The van der Waals surface area contributed by atoms with Gasteiger partial charge < -0.3 is 9.47 Å². The van der Waals surface area contributed by atoms with Gasteiger partial charge in [-0.1, -0.05) is 39.3 Å². The van der Waals surface area contributed by atoms with Gasteiger partial charge in [0.1, 0.15) is 5.75 Å². The molecule has 0 spiro atoms. The number of ether oxygens (including phenoxy) is 2. The molecule has 0 atom stereocenters. The van der Waals surface area contributed by atoms with E-state index >= 15 is 0 Å². The zero-order valence-corrected chi connectivity index (χ0v) is 14.0. The minimum Gasteiger partial charge on any atom is -0.465 e. The first kappa shape index (κ1) is 18.9. The number of hydrogen-bond acceptors (Lipinski definition) is 5. The van der Waals surface area contributed by atoms with Crippen molar-refractivity contribution in [3.63, 3.8) is 0 Å². The molecule has 126 valence electrons. The number of aldehydes is 1. The molecule has 0 aromatic heterocycles. The molecule has 1 aromatic rings. The number of unbranched alkanes of at least 4 members (excludes halogenated alkanes) is 1. The van der Waals surface area contributed by atoms with Crippen molar-refractivity contribution in [2.24, 2.45) is 5.41 Å². The minimum atomic E-state index is -1.34. The third-order valence-corrected chi connectivity index (χ3v) is 3.97. The topological polar surface area (TPSA) is 69.7 Å². The third kappa shape index (κ3) is 4.41. The Balaban J connectivity index is 2.97. The SMILES string of the molecule is CCCCOC(=O)C(CC)(CC)C(=O)Oc1ccccc1C=O. The number of rotatable bonds is 9. The summed E-state index contributed by atoms with van der Waals surface area (Å²) in [7, 11) is 0. The van der Waals surface area contributed by atoms with Gasteiger partial charge in [-0.3, -0.25) is 14.4 Å². The lowest BCUT2D eigenvalue weighted by Gasteiger charge is -2.27. The zero-order valence-electron chi connectivity index (χ0n) is 14.0. The van der Waals surface area contributed by atoms with Crippen LogP contribution in [0.25, 0.3) is 0 Å². The molecule has 0 aliphatic heterocycles. The molecule has 0 aliphatic carbocycles. The first-order valence-electron chi connectivity index (χ1n) is 7.99. The molecule has 0 amide bonds. The van der Waals surface area contributed by atoms with Gasteiger partial charge in [-0.05, 0) is 31.4 Å². The van der Waals surface area contributed by atoms with Gasteiger partial charge in [0.2, 0.25) is 0 Å². The number of carbonyl (C=O) groups is 3. The molecule has 0 radical (unpaired) electrons. The second-order valence-electron chi connectivity index (χ2n) is 5.32. The van der Waals surface area contributed by atoms with Crippen molar-refractivity contribution in [2.45, 2.75) is 46.5 Å². The fourth-order valence-electron chi connectivity index (χ4n) is 2.23. The van der Waals surface area contributed by atoms with Crippen LogP contribution in [0.15, 0.2) is 24.3 Å². The summed E-state index contributed by atoms with van der Waals surface area (Å²) in [4.78, 5) is 36.0. The molecule has 1 rings (SSSR count). The first-order chi connectivity index (χ1) is 11.1. The van der Waals surface area contributed by atoms with E-state index in [2.05, 4.69) is 0 Å². The van der Waals surface area contributed by atoms with Crippen LogP contribution in [0.5, 0.6) is 5.75 Å². The highest BCUT2D eigenvalue weighted by Gasteiger charge is 2.46. The van der Waals surface area contributed by atoms with Crippen LogP contribution < -0.4 is 4.74 Å².